The van der Waals surface area contributed by atoms with Gasteiger partial charge in [-0.3, -0.25) is 0 Å². The molecule has 0 fully saturated rings. The predicted octanol–water partition coefficient (Wildman–Crippen LogP) is 0.759. The highest BCUT2D eigenvalue weighted by Crippen LogP contribution is 2.12. The second-order valence-electron chi connectivity index (χ2n) is 2.86. The minimum atomic E-state index is 0.149. The first-order chi connectivity index (χ1) is 6.65. The van der Waals surface area contributed by atoms with Crippen LogP contribution >= 0.6 is 11.8 Å². The molecule has 0 aliphatic rings. The summed E-state index contributed by atoms with van der Waals surface area (Å²) in [5.41, 5.74) is 0.149. The number of thioether (sulfide) groups is 1. The van der Waals surface area contributed by atoms with Gasteiger partial charge in [-0.25, -0.2) is 0 Å². The van der Waals surface area contributed by atoms with Crippen LogP contribution in [0.25, 0.3) is 0 Å². The lowest BCUT2D eigenvalue weighted by atomic mass is 10.3. The molecule has 0 rings (SSSR count). The van der Waals surface area contributed by atoms with Crippen molar-refractivity contribution in [3.8, 4) is 12.1 Å². The quantitative estimate of drug-likeness (QED) is 0.679. The van der Waals surface area contributed by atoms with E-state index in [0.29, 0.717) is 5.03 Å². The van der Waals surface area contributed by atoms with Gasteiger partial charge in [-0.05, 0) is 20.4 Å². The molecule has 0 radical (unpaired) electrons. The molecule has 0 aromatic carbocycles. The molecule has 0 saturated carbocycles. The lowest BCUT2D eigenvalue weighted by molar-refractivity contribution is 0.409. The molecule has 0 spiro atoms. The summed E-state index contributed by atoms with van der Waals surface area (Å²) in [7, 11) is 3.94. The first kappa shape index (κ1) is 12.8. The molecule has 0 aliphatic carbocycles. The number of hydrogen-bond donors (Lipinski definition) is 1. The maximum atomic E-state index is 8.64. The van der Waals surface area contributed by atoms with Gasteiger partial charge in [0.15, 0.2) is 5.57 Å². The van der Waals surface area contributed by atoms with Crippen LogP contribution in [0.3, 0.4) is 0 Å². The van der Waals surface area contributed by atoms with E-state index in [4.69, 9.17) is 10.5 Å². The van der Waals surface area contributed by atoms with Gasteiger partial charge in [0.05, 0.1) is 5.03 Å². The standard InChI is InChI=1S/C9H14N4S/c1-13(2)5-4-12-9(14-3)8(6-10)7-11/h12H,4-5H2,1-3H3. The van der Waals surface area contributed by atoms with Gasteiger partial charge < -0.3 is 10.2 Å². The van der Waals surface area contributed by atoms with Crippen LogP contribution in [-0.2, 0) is 0 Å². The van der Waals surface area contributed by atoms with Gasteiger partial charge >= 0.3 is 0 Å². The number of rotatable bonds is 5. The third kappa shape index (κ3) is 4.76. The average molecular weight is 210 g/mol. The normalized spacial score (nSPS) is 9.00. The summed E-state index contributed by atoms with van der Waals surface area (Å²) < 4.78 is 0. The van der Waals surface area contributed by atoms with E-state index in [2.05, 4.69) is 5.32 Å². The monoisotopic (exact) mass is 210 g/mol. The van der Waals surface area contributed by atoms with Gasteiger partial charge in [-0.1, -0.05) is 0 Å². The highest BCUT2D eigenvalue weighted by atomic mass is 32.2. The van der Waals surface area contributed by atoms with E-state index in [1.165, 1.54) is 11.8 Å². The minimum Gasteiger partial charge on any atom is -0.377 e. The molecule has 76 valence electrons. The van der Waals surface area contributed by atoms with Crippen LogP contribution in [0.4, 0.5) is 0 Å². The van der Waals surface area contributed by atoms with Gasteiger partial charge in [-0.15, -0.1) is 11.8 Å². The van der Waals surface area contributed by atoms with Crippen LogP contribution in [0.5, 0.6) is 0 Å². The van der Waals surface area contributed by atoms with Crippen molar-refractivity contribution in [1.82, 2.24) is 10.2 Å². The molecule has 14 heavy (non-hydrogen) atoms. The Hall–Kier alpha value is -1.17. The van der Waals surface area contributed by atoms with Crippen molar-refractivity contribution in [2.75, 3.05) is 33.4 Å². The summed E-state index contributed by atoms with van der Waals surface area (Å²) in [4.78, 5) is 2.03. The zero-order valence-corrected chi connectivity index (χ0v) is 9.48. The van der Waals surface area contributed by atoms with Crippen LogP contribution in [0.2, 0.25) is 0 Å². The number of nitriles is 2. The first-order valence-corrected chi connectivity index (χ1v) is 5.35. The van der Waals surface area contributed by atoms with Gasteiger partial charge in [-0.2, -0.15) is 10.5 Å². The number of nitrogens with zero attached hydrogens (tertiary/aromatic N) is 3. The lowest BCUT2D eigenvalue weighted by Gasteiger charge is -2.12. The van der Waals surface area contributed by atoms with Crippen LogP contribution in [-0.4, -0.2) is 38.3 Å². The van der Waals surface area contributed by atoms with Crippen molar-refractivity contribution < 1.29 is 0 Å². The Morgan fingerprint density at radius 3 is 2.29 bits per heavy atom. The van der Waals surface area contributed by atoms with Crippen LogP contribution in [0.15, 0.2) is 10.6 Å². The average Bonchev–Trinajstić information content (AvgIpc) is 2.16. The van der Waals surface area contributed by atoms with Gasteiger partial charge in [0.2, 0.25) is 0 Å². The summed E-state index contributed by atoms with van der Waals surface area (Å²) >= 11 is 1.38. The number of likely N-dealkylation sites (N-methyl/N-ethyl adjacent to an activating group) is 1. The molecular weight excluding hydrogens is 196 g/mol. The molecule has 1 N–H and O–H groups in total. The molecule has 4 nitrogen and oxygen atoms in total. The lowest BCUT2D eigenvalue weighted by Crippen LogP contribution is -2.25. The highest BCUT2D eigenvalue weighted by Gasteiger charge is 2.03. The van der Waals surface area contributed by atoms with Crippen LogP contribution in [0.1, 0.15) is 0 Å². The van der Waals surface area contributed by atoms with Crippen molar-refractivity contribution in [1.29, 1.82) is 10.5 Å². The van der Waals surface area contributed by atoms with Gasteiger partial charge in [0.1, 0.15) is 12.1 Å². The largest absolute Gasteiger partial charge is 0.377 e. The third-order valence-corrected chi connectivity index (χ3v) is 2.26. The summed E-state index contributed by atoms with van der Waals surface area (Å²) in [6.45, 7) is 1.60. The minimum absolute atomic E-state index is 0.149. The van der Waals surface area contributed by atoms with Gasteiger partial charge in [0, 0.05) is 13.1 Å². The van der Waals surface area contributed by atoms with Crippen molar-refractivity contribution in [2.45, 2.75) is 0 Å². The molecular formula is C9H14N4S. The number of allylic oxidation sites excluding steroid dienone is 1. The van der Waals surface area contributed by atoms with E-state index in [-0.39, 0.29) is 5.57 Å². The zero-order chi connectivity index (χ0) is 11.0. The van der Waals surface area contributed by atoms with Crippen molar-refractivity contribution in [2.24, 2.45) is 0 Å². The summed E-state index contributed by atoms with van der Waals surface area (Å²) in [6, 6.07) is 3.72. The van der Waals surface area contributed by atoms with E-state index in [1.54, 1.807) is 0 Å². The molecule has 0 aliphatic heterocycles. The Bertz CT molecular complexity index is 266. The van der Waals surface area contributed by atoms with Crippen LogP contribution in [0, 0.1) is 22.7 Å². The van der Waals surface area contributed by atoms with E-state index >= 15 is 0 Å². The summed E-state index contributed by atoms with van der Waals surface area (Å²) in [5.74, 6) is 0. The first-order valence-electron chi connectivity index (χ1n) is 4.12. The second-order valence-corrected chi connectivity index (χ2v) is 3.68. The zero-order valence-electron chi connectivity index (χ0n) is 8.66. The Morgan fingerprint density at radius 1 is 1.36 bits per heavy atom. The summed E-state index contributed by atoms with van der Waals surface area (Å²) in [6.07, 6.45) is 1.84. The Labute approximate surface area is 89.2 Å². The fraction of sp³-hybridized carbons (Fsp3) is 0.556. The topological polar surface area (TPSA) is 62.9 Å². The smallest absolute Gasteiger partial charge is 0.159 e. The molecule has 0 bridgehead atoms. The Morgan fingerprint density at radius 2 is 1.93 bits per heavy atom. The highest BCUT2D eigenvalue weighted by molar-refractivity contribution is 8.02. The van der Waals surface area contributed by atoms with Gasteiger partial charge in [0.25, 0.3) is 0 Å². The molecule has 0 atom stereocenters. The Balaban J connectivity index is 4.25. The van der Waals surface area contributed by atoms with Crippen molar-refractivity contribution in [3.63, 3.8) is 0 Å². The second kappa shape index (κ2) is 7.25. The summed E-state index contributed by atoms with van der Waals surface area (Å²) in [5, 5.41) is 21.0. The predicted molar refractivity (Wildman–Crippen MR) is 58.3 cm³/mol. The molecule has 0 amide bonds. The third-order valence-electron chi connectivity index (χ3n) is 1.50. The Kier molecular flexibility index (Phi) is 6.65. The SMILES string of the molecule is CSC(NCCN(C)C)=C(C#N)C#N. The molecule has 0 aromatic rings. The van der Waals surface area contributed by atoms with Crippen LogP contribution < -0.4 is 5.32 Å². The fourth-order valence-corrected chi connectivity index (χ4v) is 1.32. The van der Waals surface area contributed by atoms with E-state index in [9.17, 15) is 0 Å². The van der Waals surface area contributed by atoms with Crippen molar-refractivity contribution in [3.05, 3.63) is 10.6 Å². The number of hydrogen-bond acceptors (Lipinski definition) is 5. The van der Waals surface area contributed by atoms with E-state index in [1.807, 2.05) is 37.4 Å². The molecule has 0 saturated heterocycles. The van der Waals surface area contributed by atoms with E-state index in [0.717, 1.165) is 13.1 Å². The van der Waals surface area contributed by atoms with E-state index < -0.39 is 0 Å². The maximum absolute atomic E-state index is 8.64. The molecule has 0 heterocycles. The molecule has 0 unspecified atom stereocenters. The fourth-order valence-electron chi connectivity index (χ4n) is 0.782. The van der Waals surface area contributed by atoms with Crippen molar-refractivity contribution >= 4 is 11.8 Å². The molecule has 5 heteroatoms. The molecule has 0 aromatic heterocycles. The number of nitrogens with one attached hydrogen (secondary N) is 1. The maximum Gasteiger partial charge on any atom is 0.159 e.